The summed E-state index contributed by atoms with van der Waals surface area (Å²) in [7, 11) is 0. The molecule has 0 aromatic heterocycles. The Bertz CT molecular complexity index is 854. The predicted octanol–water partition coefficient (Wildman–Crippen LogP) is 2.02. The van der Waals surface area contributed by atoms with E-state index in [1.165, 1.54) is 0 Å². The minimum absolute atomic E-state index is 0.000629. The molecule has 2 saturated carbocycles. The monoisotopic (exact) mass is 418 g/mol. The summed E-state index contributed by atoms with van der Waals surface area (Å²) >= 11 is 0. The molecule has 4 aliphatic carbocycles. The van der Waals surface area contributed by atoms with Gasteiger partial charge < -0.3 is 20.1 Å². The van der Waals surface area contributed by atoms with Crippen molar-refractivity contribution in [3.8, 4) is 0 Å². The van der Waals surface area contributed by atoms with Crippen LogP contribution in [-0.2, 0) is 14.3 Å². The Kier molecular flexibility index (Phi) is 4.71. The molecule has 30 heavy (non-hydrogen) atoms. The van der Waals surface area contributed by atoms with Crippen molar-refractivity contribution in [2.24, 2.45) is 40.9 Å². The lowest BCUT2D eigenvalue weighted by atomic mass is 9.59. The van der Waals surface area contributed by atoms with Gasteiger partial charge in [-0.1, -0.05) is 46.8 Å². The molecule has 0 amide bonds. The van der Waals surface area contributed by atoms with Gasteiger partial charge in [0.15, 0.2) is 5.78 Å². The van der Waals surface area contributed by atoms with E-state index in [1.54, 1.807) is 26.8 Å². The van der Waals surface area contributed by atoms with E-state index >= 15 is 0 Å². The van der Waals surface area contributed by atoms with Crippen molar-refractivity contribution in [2.75, 3.05) is 6.61 Å². The molecule has 0 spiro atoms. The van der Waals surface area contributed by atoms with Gasteiger partial charge in [0.2, 0.25) is 0 Å². The number of hydrogen-bond acceptors (Lipinski definition) is 6. The fourth-order valence-corrected chi connectivity index (χ4v) is 6.79. The fraction of sp³-hybridized carbons (Fsp3) is 0.750. The molecule has 8 atom stereocenters. The van der Waals surface area contributed by atoms with Gasteiger partial charge in [0.05, 0.1) is 18.1 Å². The molecule has 4 rings (SSSR count). The molecular weight excluding hydrogens is 384 g/mol. The maximum atomic E-state index is 12.9. The second-order valence-corrected chi connectivity index (χ2v) is 10.9. The van der Waals surface area contributed by atoms with E-state index < -0.39 is 34.9 Å². The minimum atomic E-state index is -1.80. The van der Waals surface area contributed by atoms with Crippen LogP contribution >= 0.6 is 0 Å². The molecule has 6 nitrogen and oxygen atoms in total. The van der Waals surface area contributed by atoms with Crippen molar-refractivity contribution in [2.45, 2.75) is 65.3 Å². The van der Waals surface area contributed by atoms with Crippen LogP contribution in [-0.4, -0.2) is 51.0 Å². The molecule has 0 saturated heterocycles. The topological polar surface area (TPSA) is 104 Å². The van der Waals surface area contributed by atoms with Crippen LogP contribution in [0.2, 0.25) is 0 Å². The molecule has 0 bridgehead atoms. The summed E-state index contributed by atoms with van der Waals surface area (Å²) in [6.45, 7) is 11.0. The Hall–Kier alpha value is -1.50. The van der Waals surface area contributed by atoms with Gasteiger partial charge in [-0.3, -0.25) is 9.59 Å². The molecule has 0 aromatic rings. The summed E-state index contributed by atoms with van der Waals surface area (Å²) < 4.78 is 5.94. The Labute approximate surface area is 178 Å². The molecule has 0 aromatic carbocycles. The molecular formula is C24H34O6. The highest BCUT2D eigenvalue weighted by Crippen LogP contribution is 2.73. The number of Topliss-reactive ketones (excluding diaryl/α,β-unsaturated/α-hetero) is 1. The number of ketones is 1. The van der Waals surface area contributed by atoms with Crippen molar-refractivity contribution in [1.82, 2.24) is 0 Å². The fourth-order valence-electron chi connectivity index (χ4n) is 6.79. The zero-order valence-electron chi connectivity index (χ0n) is 18.7. The van der Waals surface area contributed by atoms with E-state index in [0.29, 0.717) is 11.1 Å². The molecule has 4 aliphatic rings. The second-order valence-electron chi connectivity index (χ2n) is 10.9. The minimum Gasteiger partial charge on any atom is -0.461 e. The van der Waals surface area contributed by atoms with Gasteiger partial charge in [0.25, 0.3) is 0 Å². The molecule has 0 radical (unpaired) electrons. The summed E-state index contributed by atoms with van der Waals surface area (Å²) in [6, 6.07) is 0. The molecule has 1 unspecified atom stereocenters. The number of fused-ring (bicyclic) bond motifs is 5. The number of ether oxygens (including phenoxy) is 1. The Morgan fingerprint density at radius 1 is 1.23 bits per heavy atom. The summed E-state index contributed by atoms with van der Waals surface area (Å²) in [4.78, 5) is 25.4. The predicted molar refractivity (Wildman–Crippen MR) is 110 cm³/mol. The largest absolute Gasteiger partial charge is 0.461 e. The smallest absolute Gasteiger partial charge is 0.308 e. The lowest BCUT2D eigenvalue weighted by Gasteiger charge is -2.51. The van der Waals surface area contributed by atoms with E-state index in [2.05, 4.69) is 13.8 Å². The third-order valence-corrected chi connectivity index (χ3v) is 8.51. The molecule has 0 aliphatic heterocycles. The zero-order valence-corrected chi connectivity index (χ0v) is 18.7. The van der Waals surface area contributed by atoms with Crippen LogP contribution in [0.1, 0.15) is 48.0 Å². The molecule has 166 valence electrons. The molecule has 0 heterocycles. The van der Waals surface area contributed by atoms with Crippen LogP contribution in [0, 0.1) is 40.9 Å². The SMILES string of the molecule is CC1=C[C@H]2[C@@]3(O)[C@H](C)C(OC(=O)C(C)C)[C@@H]4[C@H]([C@@H]3C=C(CO)C[C@]2(O)C1=O)C4(C)C. The number of aliphatic hydroxyl groups excluding tert-OH is 1. The van der Waals surface area contributed by atoms with Gasteiger partial charge in [-0.2, -0.15) is 0 Å². The second kappa shape index (κ2) is 6.50. The van der Waals surface area contributed by atoms with Gasteiger partial charge in [0, 0.05) is 30.1 Å². The van der Waals surface area contributed by atoms with Crippen molar-refractivity contribution < 1.29 is 29.6 Å². The van der Waals surface area contributed by atoms with Crippen LogP contribution < -0.4 is 0 Å². The number of carbonyl (C=O) groups is 2. The Balaban J connectivity index is 1.87. The highest BCUT2D eigenvalue weighted by molar-refractivity contribution is 6.04. The summed E-state index contributed by atoms with van der Waals surface area (Å²) in [5.74, 6) is -2.56. The van der Waals surface area contributed by atoms with Crippen LogP contribution in [0.5, 0.6) is 0 Å². The maximum Gasteiger partial charge on any atom is 0.308 e. The maximum absolute atomic E-state index is 12.9. The van der Waals surface area contributed by atoms with Crippen molar-refractivity contribution in [3.05, 3.63) is 23.3 Å². The lowest BCUT2D eigenvalue weighted by molar-refractivity contribution is -0.199. The quantitative estimate of drug-likeness (QED) is 0.479. The number of hydrogen-bond donors (Lipinski definition) is 3. The van der Waals surface area contributed by atoms with E-state index in [4.69, 9.17) is 4.74 Å². The lowest BCUT2D eigenvalue weighted by Crippen LogP contribution is -2.63. The molecule has 2 fully saturated rings. The highest BCUT2D eigenvalue weighted by atomic mass is 16.5. The standard InChI is InChI=1S/C24H34O6/c1-11(2)21(27)30-19-13(4)24(29)15(17-18(19)22(17,5)6)8-14(10-25)9-23(28)16(24)7-12(3)20(23)26/h7-8,11,13,15-19,25,28-29H,9-10H2,1-6H3/t13-,15+,16-,17+,18+,19?,23-,24-/m1/s1. The zero-order chi connectivity index (χ0) is 22.4. The summed E-state index contributed by atoms with van der Waals surface area (Å²) in [5, 5.41) is 33.8. The van der Waals surface area contributed by atoms with Crippen LogP contribution in [0.4, 0.5) is 0 Å². The first kappa shape index (κ1) is 21.7. The van der Waals surface area contributed by atoms with Crippen LogP contribution in [0.25, 0.3) is 0 Å². The third-order valence-electron chi connectivity index (χ3n) is 8.51. The normalized spacial score (nSPS) is 46.3. The van der Waals surface area contributed by atoms with E-state index in [-0.39, 0.29) is 48.1 Å². The molecule has 3 N–H and O–H groups in total. The van der Waals surface area contributed by atoms with Crippen molar-refractivity contribution in [3.63, 3.8) is 0 Å². The number of rotatable bonds is 3. The average Bonchev–Trinajstić information content (AvgIpc) is 3.19. The van der Waals surface area contributed by atoms with E-state index in [9.17, 15) is 24.9 Å². The van der Waals surface area contributed by atoms with Crippen molar-refractivity contribution in [1.29, 1.82) is 0 Å². The van der Waals surface area contributed by atoms with Gasteiger partial charge in [-0.05, 0) is 29.4 Å². The van der Waals surface area contributed by atoms with Gasteiger partial charge in [-0.15, -0.1) is 0 Å². The van der Waals surface area contributed by atoms with Gasteiger partial charge in [-0.25, -0.2) is 0 Å². The Morgan fingerprint density at radius 2 is 1.87 bits per heavy atom. The summed E-state index contributed by atoms with van der Waals surface area (Å²) in [6.07, 6.45) is 3.08. The third kappa shape index (κ3) is 2.59. The summed E-state index contributed by atoms with van der Waals surface area (Å²) in [5.41, 5.74) is -2.45. The first-order valence-corrected chi connectivity index (χ1v) is 11.0. The first-order valence-electron chi connectivity index (χ1n) is 11.0. The van der Waals surface area contributed by atoms with Gasteiger partial charge >= 0.3 is 5.97 Å². The van der Waals surface area contributed by atoms with E-state index in [1.807, 2.05) is 13.0 Å². The highest BCUT2D eigenvalue weighted by Gasteiger charge is 2.77. The van der Waals surface area contributed by atoms with Crippen molar-refractivity contribution >= 4 is 11.8 Å². The van der Waals surface area contributed by atoms with E-state index in [0.717, 1.165) is 0 Å². The number of carbonyl (C=O) groups excluding carboxylic acids is 2. The number of esters is 1. The number of aliphatic hydroxyl groups is 3. The molecule has 6 heteroatoms. The Morgan fingerprint density at radius 3 is 2.43 bits per heavy atom. The van der Waals surface area contributed by atoms with Crippen LogP contribution in [0.3, 0.4) is 0 Å². The van der Waals surface area contributed by atoms with Gasteiger partial charge in [0.1, 0.15) is 11.7 Å². The van der Waals surface area contributed by atoms with Crippen LogP contribution in [0.15, 0.2) is 23.3 Å². The first-order chi connectivity index (χ1) is 13.8. The average molecular weight is 419 g/mol.